The van der Waals surface area contributed by atoms with Gasteiger partial charge in [0.25, 0.3) is 0 Å². The first-order valence-corrected chi connectivity index (χ1v) is 7.27. The molecule has 4 rings (SSSR count). The summed E-state index contributed by atoms with van der Waals surface area (Å²) in [6.45, 7) is 7.85. The van der Waals surface area contributed by atoms with Gasteiger partial charge in [-0.25, -0.2) is 0 Å². The Hall–Kier alpha value is -2.08. The minimum Gasteiger partial charge on any atom is -0.103 e. The summed E-state index contributed by atoms with van der Waals surface area (Å²) in [6, 6.07) is 8.81. The summed E-state index contributed by atoms with van der Waals surface area (Å²) >= 11 is 0. The van der Waals surface area contributed by atoms with E-state index < -0.39 is 0 Å². The van der Waals surface area contributed by atoms with Crippen LogP contribution in [0.5, 0.6) is 0 Å². The lowest BCUT2D eigenvalue weighted by Gasteiger charge is -2.28. The number of benzene rings is 1. The lowest BCUT2D eigenvalue weighted by Crippen LogP contribution is -2.13. The molecule has 2 atom stereocenters. The number of fused-ring (bicyclic) bond motifs is 2. The van der Waals surface area contributed by atoms with Crippen LogP contribution in [0.1, 0.15) is 29.9 Å². The summed E-state index contributed by atoms with van der Waals surface area (Å²) in [6.07, 6.45) is 13.3. The zero-order chi connectivity index (χ0) is 13.7. The van der Waals surface area contributed by atoms with Crippen LogP contribution >= 0.6 is 0 Å². The number of hydrogen-bond donors (Lipinski definition) is 0. The third-order valence-corrected chi connectivity index (χ3v) is 4.92. The van der Waals surface area contributed by atoms with Gasteiger partial charge in [-0.1, -0.05) is 61.2 Å². The maximum Gasteiger partial charge on any atom is 0.0214 e. The Kier molecular flexibility index (Phi) is 2.32. The topological polar surface area (TPSA) is 0 Å². The highest BCUT2D eigenvalue weighted by Gasteiger charge is 2.58. The predicted molar refractivity (Wildman–Crippen MR) is 85.4 cm³/mol. The Labute approximate surface area is 120 Å². The second kappa shape index (κ2) is 3.96. The van der Waals surface area contributed by atoms with E-state index in [4.69, 9.17) is 0 Å². The Morgan fingerprint density at radius 3 is 2.85 bits per heavy atom. The van der Waals surface area contributed by atoms with E-state index in [1.807, 2.05) is 12.2 Å². The third kappa shape index (κ3) is 1.42. The molecule has 0 aliphatic heterocycles. The molecule has 0 aromatic heterocycles. The molecule has 1 spiro atoms. The molecule has 0 radical (unpaired) electrons. The molecule has 98 valence electrons. The molecule has 1 saturated carbocycles. The lowest BCUT2D eigenvalue weighted by molar-refractivity contribution is 0.742. The largest absolute Gasteiger partial charge is 0.103 e. The van der Waals surface area contributed by atoms with Crippen molar-refractivity contribution in [3.63, 3.8) is 0 Å². The van der Waals surface area contributed by atoms with Crippen LogP contribution in [0.25, 0.3) is 6.08 Å². The molecule has 2 unspecified atom stereocenters. The van der Waals surface area contributed by atoms with Gasteiger partial charge < -0.3 is 0 Å². The minimum atomic E-state index is 0.263. The van der Waals surface area contributed by atoms with Gasteiger partial charge in [0.05, 0.1) is 0 Å². The highest BCUT2D eigenvalue weighted by Crippen LogP contribution is 2.69. The average molecular weight is 258 g/mol. The fraction of sp³-hybridized carbons (Fsp3) is 0.200. The molecule has 20 heavy (non-hydrogen) atoms. The number of hydrogen-bond acceptors (Lipinski definition) is 0. The minimum absolute atomic E-state index is 0.263. The molecule has 1 fully saturated rings. The normalized spacial score (nSPS) is 29.0. The van der Waals surface area contributed by atoms with Gasteiger partial charge >= 0.3 is 0 Å². The van der Waals surface area contributed by atoms with E-state index >= 15 is 0 Å². The molecule has 0 amide bonds. The van der Waals surface area contributed by atoms with E-state index in [0.717, 1.165) is 6.42 Å². The molecule has 3 aliphatic rings. The smallest absolute Gasteiger partial charge is 0.0214 e. The van der Waals surface area contributed by atoms with Gasteiger partial charge in [-0.05, 0) is 46.6 Å². The zero-order valence-electron chi connectivity index (χ0n) is 11.6. The van der Waals surface area contributed by atoms with Crippen molar-refractivity contribution in [3.8, 4) is 0 Å². The molecule has 0 N–H and O–H groups in total. The maximum absolute atomic E-state index is 3.96. The van der Waals surface area contributed by atoms with E-state index in [1.54, 1.807) is 0 Å². The fourth-order valence-corrected chi connectivity index (χ4v) is 3.84. The van der Waals surface area contributed by atoms with E-state index in [2.05, 4.69) is 55.7 Å². The SMILES string of the molecule is C=CCC1=CC23CC2c2ccccc2C=C3C=C1C=C. The van der Waals surface area contributed by atoms with Crippen molar-refractivity contribution in [3.05, 3.63) is 89.6 Å². The van der Waals surface area contributed by atoms with Gasteiger partial charge in [-0.15, -0.1) is 6.58 Å². The second-order valence-corrected chi connectivity index (χ2v) is 5.99. The van der Waals surface area contributed by atoms with E-state index in [0.29, 0.717) is 5.92 Å². The van der Waals surface area contributed by atoms with Crippen LogP contribution in [0.2, 0.25) is 0 Å². The van der Waals surface area contributed by atoms with Crippen molar-refractivity contribution in [2.24, 2.45) is 5.41 Å². The molecular formula is C20H18. The Morgan fingerprint density at radius 1 is 1.20 bits per heavy atom. The van der Waals surface area contributed by atoms with Crippen LogP contribution in [-0.2, 0) is 0 Å². The highest BCUT2D eigenvalue weighted by molar-refractivity contribution is 5.74. The van der Waals surface area contributed by atoms with Crippen molar-refractivity contribution < 1.29 is 0 Å². The molecule has 0 heterocycles. The fourth-order valence-electron chi connectivity index (χ4n) is 3.84. The monoisotopic (exact) mass is 258 g/mol. The van der Waals surface area contributed by atoms with Gasteiger partial charge in [0.15, 0.2) is 0 Å². The van der Waals surface area contributed by atoms with Gasteiger partial charge in [-0.3, -0.25) is 0 Å². The molecular weight excluding hydrogens is 240 g/mol. The summed E-state index contributed by atoms with van der Waals surface area (Å²) in [4.78, 5) is 0. The molecule has 3 aliphatic carbocycles. The van der Waals surface area contributed by atoms with Crippen LogP contribution < -0.4 is 0 Å². The highest BCUT2D eigenvalue weighted by atomic mass is 14.6. The van der Waals surface area contributed by atoms with Crippen LogP contribution in [0, 0.1) is 5.41 Å². The molecule has 0 nitrogen and oxygen atoms in total. The molecule has 1 aromatic carbocycles. The van der Waals surface area contributed by atoms with Crippen molar-refractivity contribution in [1.82, 2.24) is 0 Å². The lowest BCUT2D eigenvalue weighted by atomic mass is 9.76. The van der Waals surface area contributed by atoms with Crippen molar-refractivity contribution in [1.29, 1.82) is 0 Å². The summed E-state index contributed by atoms with van der Waals surface area (Å²) in [7, 11) is 0. The Balaban J connectivity index is 1.88. The van der Waals surface area contributed by atoms with E-state index in [1.165, 1.54) is 34.3 Å². The van der Waals surface area contributed by atoms with E-state index in [9.17, 15) is 0 Å². The molecule has 0 heteroatoms. The van der Waals surface area contributed by atoms with Gasteiger partial charge in [0.2, 0.25) is 0 Å². The molecule has 0 saturated heterocycles. The van der Waals surface area contributed by atoms with Crippen molar-refractivity contribution >= 4 is 6.08 Å². The van der Waals surface area contributed by atoms with Gasteiger partial charge in [-0.2, -0.15) is 0 Å². The van der Waals surface area contributed by atoms with Crippen LogP contribution in [-0.4, -0.2) is 0 Å². The standard InChI is InChI=1S/C20H18/c1-3-7-16-12-20-13-19(20)18-9-6-5-8-15(18)11-17(20)10-14(16)4-2/h3-6,8-12,19H,1-2,7,13H2. The first-order valence-electron chi connectivity index (χ1n) is 7.27. The van der Waals surface area contributed by atoms with Gasteiger partial charge in [0, 0.05) is 5.41 Å². The summed E-state index contributed by atoms with van der Waals surface area (Å²) in [5.41, 5.74) is 7.27. The first kappa shape index (κ1) is 11.7. The first-order chi connectivity index (χ1) is 9.78. The summed E-state index contributed by atoms with van der Waals surface area (Å²) < 4.78 is 0. The Bertz CT molecular complexity index is 711. The summed E-state index contributed by atoms with van der Waals surface area (Å²) in [5.74, 6) is 0.668. The van der Waals surface area contributed by atoms with E-state index in [-0.39, 0.29) is 5.41 Å². The van der Waals surface area contributed by atoms with Gasteiger partial charge in [0.1, 0.15) is 0 Å². The predicted octanol–water partition coefficient (Wildman–Crippen LogP) is 5.19. The van der Waals surface area contributed by atoms with Crippen molar-refractivity contribution in [2.45, 2.75) is 18.8 Å². The zero-order valence-corrected chi connectivity index (χ0v) is 11.6. The number of allylic oxidation sites excluding steroid dienone is 7. The molecule has 0 bridgehead atoms. The maximum atomic E-state index is 3.96. The van der Waals surface area contributed by atoms with Crippen LogP contribution in [0.4, 0.5) is 0 Å². The third-order valence-electron chi connectivity index (χ3n) is 4.92. The van der Waals surface area contributed by atoms with Crippen LogP contribution in [0.15, 0.2) is 78.4 Å². The quantitative estimate of drug-likeness (QED) is 0.655. The van der Waals surface area contributed by atoms with Crippen LogP contribution in [0.3, 0.4) is 0 Å². The average Bonchev–Trinajstić information content (AvgIpc) is 3.19. The number of rotatable bonds is 3. The second-order valence-electron chi connectivity index (χ2n) is 5.99. The summed E-state index contributed by atoms with van der Waals surface area (Å²) in [5, 5.41) is 0. The Morgan fingerprint density at radius 2 is 2.05 bits per heavy atom. The molecule has 1 aromatic rings. The van der Waals surface area contributed by atoms with Crippen molar-refractivity contribution in [2.75, 3.05) is 0 Å².